The van der Waals surface area contributed by atoms with Crippen LogP contribution in [0.3, 0.4) is 0 Å². The maximum Gasteiger partial charge on any atom is 0.117 e. The Morgan fingerprint density at radius 3 is 2.60 bits per heavy atom. The average molecular weight is 207 g/mol. The summed E-state index contributed by atoms with van der Waals surface area (Å²) >= 11 is 0. The van der Waals surface area contributed by atoms with Gasteiger partial charge in [-0.15, -0.1) is 0 Å². The van der Waals surface area contributed by atoms with E-state index in [9.17, 15) is 5.11 Å². The number of benzene rings is 1. The molecule has 0 aliphatic carbocycles. The van der Waals surface area contributed by atoms with Gasteiger partial charge in [0.1, 0.15) is 5.75 Å². The van der Waals surface area contributed by atoms with E-state index in [1.165, 1.54) is 0 Å². The fourth-order valence-corrected chi connectivity index (χ4v) is 1.81. The van der Waals surface area contributed by atoms with Crippen molar-refractivity contribution in [2.75, 3.05) is 5.32 Å². The zero-order valence-electron chi connectivity index (χ0n) is 9.88. The van der Waals surface area contributed by atoms with Crippen LogP contribution in [0.5, 0.6) is 5.75 Å². The fraction of sp³-hybridized carbons (Fsp3) is 0.538. The maximum absolute atomic E-state index is 9.37. The first-order valence-electron chi connectivity index (χ1n) is 5.67. The van der Waals surface area contributed by atoms with Crippen molar-refractivity contribution in [1.29, 1.82) is 0 Å². The van der Waals surface area contributed by atoms with Gasteiger partial charge in [0.25, 0.3) is 0 Å². The number of anilines is 1. The highest BCUT2D eigenvalue weighted by molar-refractivity contribution is 5.49. The van der Waals surface area contributed by atoms with Crippen LogP contribution in [0.1, 0.15) is 40.0 Å². The third-order valence-electron chi connectivity index (χ3n) is 2.87. The van der Waals surface area contributed by atoms with Crippen LogP contribution in [0.25, 0.3) is 0 Å². The first-order valence-corrected chi connectivity index (χ1v) is 5.67. The number of hydrogen-bond donors (Lipinski definition) is 2. The van der Waals surface area contributed by atoms with Crippen LogP contribution >= 0.6 is 0 Å². The van der Waals surface area contributed by atoms with Crippen molar-refractivity contribution in [2.45, 2.75) is 45.6 Å². The number of rotatable bonds is 5. The third-order valence-corrected chi connectivity index (χ3v) is 2.87. The Labute approximate surface area is 92.3 Å². The summed E-state index contributed by atoms with van der Waals surface area (Å²) in [5.41, 5.74) is 1.12. The summed E-state index contributed by atoms with van der Waals surface area (Å²) in [5.74, 6) is 0.315. The molecular formula is C13H21NO. The van der Waals surface area contributed by atoms with Crippen molar-refractivity contribution in [3.05, 3.63) is 24.3 Å². The fourth-order valence-electron chi connectivity index (χ4n) is 1.81. The number of phenols is 1. The Morgan fingerprint density at radius 1 is 1.33 bits per heavy atom. The number of aromatic hydroxyl groups is 1. The van der Waals surface area contributed by atoms with Gasteiger partial charge in [-0.3, -0.25) is 0 Å². The number of hydrogen-bond acceptors (Lipinski definition) is 2. The van der Waals surface area contributed by atoms with Crippen molar-refractivity contribution in [1.82, 2.24) is 0 Å². The van der Waals surface area contributed by atoms with E-state index in [0.717, 1.165) is 24.9 Å². The summed E-state index contributed by atoms with van der Waals surface area (Å²) in [6.45, 7) is 6.60. The lowest BCUT2D eigenvalue weighted by Gasteiger charge is -2.30. The second kappa shape index (κ2) is 5.06. The summed E-state index contributed by atoms with van der Waals surface area (Å²) in [7, 11) is 0. The summed E-state index contributed by atoms with van der Waals surface area (Å²) in [6.07, 6.45) is 3.38. The predicted octanol–water partition coefficient (Wildman–Crippen LogP) is 3.77. The molecule has 0 aliphatic rings. The standard InChI is InChI=1S/C13H21NO/c1-4-9-13(3,5-2)14-11-7-6-8-12(15)10-11/h6-8,10,14-15H,4-5,9H2,1-3H3. The minimum atomic E-state index is 0.128. The molecule has 0 amide bonds. The Bertz CT molecular complexity index is 311. The van der Waals surface area contributed by atoms with Gasteiger partial charge in [-0.25, -0.2) is 0 Å². The van der Waals surface area contributed by atoms with Crippen molar-refractivity contribution in [2.24, 2.45) is 0 Å². The van der Waals surface area contributed by atoms with Gasteiger partial charge in [0.05, 0.1) is 0 Å². The number of phenolic OH excluding ortho intramolecular Hbond substituents is 1. The van der Waals surface area contributed by atoms with E-state index < -0.39 is 0 Å². The van der Waals surface area contributed by atoms with Gasteiger partial charge >= 0.3 is 0 Å². The molecule has 0 saturated heterocycles. The molecule has 84 valence electrons. The maximum atomic E-state index is 9.37. The molecule has 0 aliphatic heterocycles. The van der Waals surface area contributed by atoms with E-state index in [2.05, 4.69) is 26.1 Å². The van der Waals surface area contributed by atoms with Crippen LogP contribution in [0, 0.1) is 0 Å². The molecule has 0 spiro atoms. The minimum absolute atomic E-state index is 0.128. The van der Waals surface area contributed by atoms with Crippen LogP contribution < -0.4 is 5.32 Å². The highest BCUT2D eigenvalue weighted by atomic mass is 16.3. The van der Waals surface area contributed by atoms with Crippen LogP contribution in [0.15, 0.2) is 24.3 Å². The molecule has 0 saturated carbocycles. The Hall–Kier alpha value is -1.18. The zero-order valence-corrected chi connectivity index (χ0v) is 9.88. The second-order valence-corrected chi connectivity index (χ2v) is 4.34. The first-order chi connectivity index (χ1) is 7.09. The Morgan fingerprint density at radius 2 is 2.07 bits per heavy atom. The highest BCUT2D eigenvalue weighted by Crippen LogP contribution is 2.25. The molecule has 2 N–H and O–H groups in total. The molecule has 2 nitrogen and oxygen atoms in total. The average Bonchev–Trinajstić information content (AvgIpc) is 2.18. The van der Waals surface area contributed by atoms with Gasteiger partial charge < -0.3 is 10.4 Å². The lowest BCUT2D eigenvalue weighted by atomic mass is 9.92. The van der Waals surface area contributed by atoms with Gasteiger partial charge in [0.2, 0.25) is 0 Å². The normalized spacial score (nSPS) is 14.6. The quantitative estimate of drug-likeness (QED) is 0.770. The molecule has 1 rings (SSSR count). The molecule has 0 bridgehead atoms. The van der Waals surface area contributed by atoms with Crippen LogP contribution in [0.4, 0.5) is 5.69 Å². The molecule has 0 radical (unpaired) electrons. The third kappa shape index (κ3) is 3.46. The predicted molar refractivity (Wildman–Crippen MR) is 65.3 cm³/mol. The van der Waals surface area contributed by atoms with E-state index in [1.807, 2.05) is 12.1 Å². The van der Waals surface area contributed by atoms with Gasteiger partial charge in [0, 0.05) is 17.3 Å². The van der Waals surface area contributed by atoms with Crippen LogP contribution in [0.2, 0.25) is 0 Å². The number of nitrogens with one attached hydrogen (secondary N) is 1. The van der Waals surface area contributed by atoms with E-state index in [-0.39, 0.29) is 5.54 Å². The molecular weight excluding hydrogens is 186 g/mol. The van der Waals surface area contributed by atoms with Crippen molar-refractivity contribution in [3.8, 4) is 5.75 Å². The molecule has 0 heterocycles. The highest BCUT2D eigenvalue weighted by Gasteiger charge is 2.20. The molecule has 2 heteroatoms. The van der Waals surface area contributed by atoms with Crippen molar-refractivity contribution in [3.63, 3.8) is 0 Å². The smallest absolute Gasteiger partial charge is 0.117 e. The molecule has 1 aromatic carbocycles. The first kappa shape index (κ1) is 11.9. The van der Waals surface area contributed by atoms with Gasteiger partial charge in [-0.05, 0) is 31.9 Å². The van der Waals surface area contributed by atoms with Gasteiger partial charge in [-0.1, -0.05) is 26.3 Å². The Balaban J connectivity index is 2.74. The summed E-state index contributed by atoms with van der Waals surface area (Å²) in [5, 5.41) is 12.9. The minimum Gasteiger partial charge on any atom is -0.508 e. The van der Waals surface area contributed by atoms with Gasteiger partial charge in [-0.2, -0.15) is 0 Å². The van der Waals surface area contributed by atoms with E-state index in [0.29, 0.717) is 5.75 Å². The molecule has 1 aromatic rings. The lowest BCUT2D eigenvalue weighted by molar-refractivity contribution is 0.449. The molecule has 1 unspecified atom stereocenters. The Kier molecular flexibility index (Phi) is 4.01. The molecule has 15 heavy (non-hydrogen) atoms. The molecule has 0 aromatic heterocycles. The van der Waals surface area contributed by atoms with Crippen molar-refractivity contribution >= 4 is 5.69 Å². The van der Waals surface area contributed by atoms with Crippen LogP contribution in [-0.4, -0.2) is 10.6 Å². The second-order valence-electron chi connectivity index (χ2n) is 4.34. The largest absolute Gasteiger partial charge is 0.508 e. The monoisotopic (exact) mass is 207 g/mol. The van der Waals surface area contributed by atoms with Crippen LogP contribution in [-0.2, 0) is 0 Å². The SMILES string of the molecule is CCCC(C)(CC)Nc1cccc(O)c1. The molecule has 1 atom stereocenters. The van der Waals surface area contributed by atoms with E-state index >= 15 is 0 Å². The van der Waals surface area contributed by atoms with E-state index in [1.54, 1.807) is 12.1 Å². The molecule has 0 fully saturated rings. The zero-order chi connectivity index (χ0) is 11.3. The lowest BCUT2D eigenvalue weighted by Crippen LogP contribution is -2.33. The summed E-state index contributed by atoms with van der Waals surface area (Å²) in [4.78, 5) is 0. The summed E-state index contributed by atoms with van der Waals surface area (Å²) in [6, 6.07) is 7.31. The van der Waals surface area contributed by atoms with E-state index in [4.69, 9.17) is 0 Å². The topological polar surface area (TPSA) is 32.3 Å². The summed E-state index contributed by atoms with van der Waals surface area (Å²) < 4.78 is 0. The van der Waals surface area contributed by atoms with Gasteiger partial charge in [0.15, 0.2) is 0 Å². The van der Waals surface area contributed by atoms with Crippen molar-refractivity contribution < 1.29 is 5.11 Å².